The average molecular weight is 390 g/mol. The zero-order valence-corrected chi connectivity index (χ0v) is 15.2. The van der Waals surface area contributed by atoms with Crippen LogP contribution in [0.15, 0.2) is 24.3 Å². The Kier molecular flexibility index (Phi) is 5.85. The Morgan fingerprint density at radius 2 is 1.88 bits per heavy atom. The van der Waals surface area contributed by atoms with Crippen LogP contribution in [0.2, 0.25) is 5.02 Å². The fraction of sp³-hybridized carbons (Fsp3) is 0.611. The van der Waals surface area contributed by atoms with Gasteiger partial charge in [0.1, 0.15) is 0 Å². The second-order valence-electron chi connectivity index (χ2n) is 7.01. The molecule has 0 spiro atoms. The van der Waals surface area contributed by atoms with Crippen LogP contribution >= 0.6 is 11.6 Å². The highest BCUT2D eigenvalue weighted by Crippen LogP contribution is 2.37. The molecule has 1 N–H and O–H groups in total. The summed E-state index contributed by atoms with van der Waals surface area (Å²) in [7, 11) is 0. The Hall–Kier alpha value is -1.63. The molecule has 26 heavy (non-hydrogen) atoms. The molecule has 8 heteroatoms. The highest BCUT2D eigenvalue weighted by atomic mass is 35.5. The lowest BCUT2D eigenvalue weighted by Crippen LogP contribution is -2.54. The molecule has 0 radical (unpaired) electrons. The van der Waals surface area contributed by atoms with E-state index < -0.39 is 18.1 Å². The number of piperazine rings is 1. The van der Waals surface area contributed by atoms with Gasteiger partial charge in [-0.15, -0.1) is 0 Å². The van der Waals surface area contributed by atoms with Crippen LogP contribution in [0.3, 0.4) is 0 Å². The van der Waals surface area contributed by atoms with E-state index in [0.29, 0.717) is 44.0 Å². The van der Waals surface area contributed by atoms with Crippen molar-refractivity contribution < 1.29 is 18.0 Å². The molecule has 4 nitrogen and oxygen atoms in total. The van der Waals surface area contributed by atoms with E-state index in [2.05, 4.69) is 10.2 Å². The predicted molar refractivity (Wildman–Crippen MR) is 95.6 cm³/mol. The first-order valence-corrected chi connectivity index (χ1v) is 9.33. The topological polar surface area (TPSA) is 35.6 Å². The molecule has 1 saturated carbocycles. The van der Waals surface area contributed by atoms with E-state index in [-0.39, 0.29) is 18.9 Å². The number of urea groups is 1. The standard InChI is InChI=1S/C18H23ClF3N3O/c19-14-4-2-6-16(12-14)24-7-9-25(10-8-24)17(26)23-15-5-1-3-13(11-15)18(20,21)22/h2,4,6,12-13,15H,1,3,5,7-11H2,(H,23,26). The van der Waals surface area contributed by atoms with Crippen molar-refractivity contribution in [1.29, 1.82) is 0 Å². The summed E-state index contributed by atoms with van der Waals surface area (Å²) in [5.74, 6) is -1.30. The number of carbonyl (C=O) groups excluding carboxylic acids is 1. The minimum absolute atomic E-state index is 0.0162. The Balaban J connectivity index is 1.49. The maximum atomic E-state index is 12.9. The monoisotopic (exact) mass is 389 g/mol. The number of amides is 2. The lowest BCUT2D eigenvalue weighted by molar-refractivity contribution is -0.183. The largest absolute Gasteiger partial charge is 0.391 e. The zero-order chi connectivity index (χ0) is 18.7. The van der Waals surface area contributed by atoms with Crippen molar-refractivity contribution in [2.45, 2.75) is 37.9 Å². The van der Waals surface area contributed by atoms with Crippen molar-refractivity contribution >= 4 is 23.3 Å². The maximum Gasteiger partial charge on any atom is 0.391 e. The third-order valence-electron chi connectivity index (χ3n) is 5.20. The summed E-state index contributed by atoms with van der Waals surface area (Å²) in [5.41, 5.74) is 1.01. The first kappa shape index (κ1) is 19.1. The lowest BCUT2D eigenvalue weighted by Gasteiger charge is -2.38. The third kappa shape index (κ3) is 4.75. The molecule has 1 aromatic rings. The number of hydrogen-bond donors (Lipinski definition) is 1. The van der Waals surface area contributed by atoms with E-state index >= 15 is 0 Å². The molecular weight excluding hydrogens is 367 g/mol. The Bertz CT molecular complexity index is 632. The van der Waals surface area contributed by atoms with Gasteiger partial charge in [-0.05, 0) is 37.5 Å². The van der Waals surface area contributed by atoms with Crippen molar-refractivity contribution in [1.82, 2.24) is 10.2 Å². The van der Waals surface area contributed by atoms with Crippen LogP contribution in [0, 0.1) is 5.92 Å². The Morgan fingerprint density at radius 1 is 1.15 bits per heavy atom. The molecule has 1 aromatic carbocycles. The number of nitrogens with zero attached hydrogens (tertiary/aromatic N) is 2. The summed E-state index contributed by atoms with van der Waals surface area (Å²) < 4.78 is 38.7. The summed E-state index contributed by atoms with van der Waals surface area (Å²) in [4.78, 5) is 16.2. The summed E-state index contributed by atoms with van der Waals surface area (Å²) in [6.45, 7) is 2.41. The van der Waals surface area contributed by atoms with Gasteiger partial charge in [0.2, 0.25) is 0 Å². The second kappa shape index (κ2) is 7.94. The van der Waals surface area contributed by atoms with Gasteiger partial charge < -0.3 is 15.1 Å². The molecule has 0 bridgehead atoms. The van der Waals surface area contributed by atoms with E-state index in [1.807, 2.05) is 24.3 Å². The Morgan fingerprint density at radius 3 is 2.54 bits per heavy atom. The number of benzene rings is 1. The third-order valence-corrected chi connectivity index (χ3v) is 5.44. The van der Waals surface area contributed by atoms with Gasteiger partial charge in [0.15, 0.2) is 0 Å². The summed E-state index contributed by atoms with van der Waals surface area (Å²) in [5, 5.41) is 3.47. The van der Waals surface area contributed by atoms with Gasteiger partial charge in [-0.25, -0.2) is 4.79 Å². The number of carbonyl (C=O) groups is 1. The highest BCUT2D eigenvalue weighted by molar-refractivity contribution is 6.30. The average Bonchev–Trinajstić information content (AvgIpc) is 2.61. The fourth-order valence-corrected chi connectivity index (χ4v) is 3.91. The molecular formula is C18H23ClF3N3O. The normalized spacial score (nSPS) is 24.5. The van der Waals surface area contributed by atoms with Crippen LogP contribution in [0.5, 0.6) is 0 Å². The summed E-state index contributed by atoms with van der Waals surface area (Å²) >= 11 is 6.01. The second-order valence-corrected chi connectivity index (χ2v) is 7.44. The van der Waals surface area contributed by atoms with Crippen molar-refractivity contribution in [2.24, 2.45) is 5.92 Å². The molecule has 1 aliphatic heterocycles. The van der Waals surface area contributed by atoms with Gasteiger partial charge in [-0.3, -0.25) is 0 Å². The van der Waals surface area contributed by atoms with Gasteiger partial charge in [0.05, 0.1) is 5.92 Å². The molecule has 144 valence electrons. The molecule has 2 atom stereocenters. The predicted octanol–water partition coefficient (Wildman–Crippen LogP) is 4.29. The molecule has 1 aliphatic carbocycles. The van der Waals surface area contributed by atoms with Crippen molar-refractivity contribution in [3.05, 3.63) is 29.3 Å². The van der Waals surface area contributed by atoms with E-state index in [4.69, 9.17) is 11.6 Å². The lowest BCUT2D eigenvalue weighted by atomic mass is 9.85. The zero-order valence-electron chi connectivity index (χ0n) is 14.4. The van der Waals surface area contributed by atoms with E-state index in [1.54, 1.807) is 4.90 Å². The molecule has 3 rings (SSSR count). The number of alkyl halides is 3. The molecule has 1 saturated heterocycles. The maximum absolute atomic E-state index is 12.9. The number of rotatable bonds is 2. The van der Waals surface area contributed by atoms with Crippen molar-refractivity contribution in [3.8, 4) is 0 Å². The number of anilines is 1. The highest BCUT2D eigenvalue weighted by Gasteiger charge is 2.42. The molecule has 2 fully saturated rings. The smallest absolute Gasteiger partial charge is 0.368 e. The van der Waals surface area contributed by atoms with Gasteiger partial charge >= 0.3 is 12.2 Å². The quantitative estimate of drug-likeness (QED) is 0.818. The first-order valence-electron chi connectivity index (χ1n) is 8.95. The van der Waals surface area contributed by atoms with Crippen LogP contribution in [0.1, 0.15) is 25.7 Å². The van der Waals surface area contributed by atoms with Crippen LogP contribution < -0.4 is 10.2 Å². The van der Waals surface area contributed by atoms with Crippen molar-refractivity contribution in [3.63, 3.8) is 0 Å². The number of hydrogen-bond acceptors (Lipinski definition) is 2. The van der Waals surface area contributed by atoms with Gasteiger partial charge in [-0.2, -0.15) is 13.2 Å². The van der Waals surface area contributed by atoms with Crippen molar-refractivity contribution in [2.75, 3.05) is 31.1 Å². The van der Waals surface area contributed by atoms with Gasteiger partial charge in [0, 0.05) is 42.9 Å². The van der Waals surface area contributed by atoms with Crippen LogP contribution in [0.4, 0.5) is 23.7 Å². The summed E-state index contributed by atoms with van der Waals surface area (Å²) in [6.07, 6.45) is -2.92. The number of halogens is 4. The van der Waals surface area contributed by atoms with Crippen LogP contribution in [0.25, 0.3) is 0 Å². The molecule has 2 amide bonds. The van der Waals surface area contributed by atoms with Gasteiger partial charge in [0.25, 0.3) is 0 Å². The Labute approximate surface area is 156 Å². The van der Waals surface area contributed by atoms with E-state index in [0.717, 1.165) is 5.69 Å². The van der Waals surface area contributed by atoms with Crippen LogP contribution in [-0.2, 0) is 0 Å². The van der Waals surface area contributed by atoms with Gasteiger partial charge in [-0.1, -0.05) is 24.1 Å². The SMILES string of the molecule is O=C(NC1CCCC(C(F)(F)F)C1)N1CCN(c2cccc(Cl)c2)CC1. The molecule has 2 unspecified atom stereocenters. The molecule has 2 aliphatic rings. The summed E-state index contributed by atoms with van der Waals surface area (Å²) in [6, 6.07) is 6.90. The minimum atomic E-state index is -4.17. The fourth-order valence-electron chi connectivity index (χ4n) is 3.72. The van der Waals surface area contributed by atoms with Crippen LogP contribution in [-0.4, -0.2) is 49.3 Å². The van der Waals surface area contributed by atoms with E-state index in [9.17, 15) is 18.0 Å². The number of nitrogens with one attached hydrogen (secondary N) is 1. The molecule has 1 heterocycles. The molecule has 0 aromatic heterocycles. The van der Waals surface area contributed by atoms with E-state index in [1.165, 1.54) is 0 Å². The first-order chi connectivity index (χ1) is 12.3. The minimum Gasteiger partial charge on any atom is -0.368 e.